The Balaban J connectivity index is 1.90. The number of rotatable bonds is 9. The van der Waals surface area contributed by atoms with Crippen LogP contribution in [0.5, 0.6) is 0 Å². The Bertz CT molecular complexity index is 958. The highest BCUT2D eigenvalue weighted by atomic mass is 32.1. The fourth-order valence-electron chi connectivity index (χ4n) is 4.20. The van der Waals surface area contributed by atoms with Crippen LogP contribution in [0.25, 0.3) is 16.4 Å². The predicted octanol–water partition coefficient (Wildman–Crippen LogP) is 5.24. The molecule has 1 aliphatic heterocycles. The Kier molecular flexibility index (Phi) is 7.13. The summed E-state index contributed by atoms with van der Waals surface area (Å²) >= 11 is 1.74. The second kappa shape index (κ2) is 9.60. The summed E-state index contributed by atoms with van der Waals surface area (Å²) in [6, 6.07) is 2.19. The van der Waals surface area contributed by atoms with Crippen LogP contribution in [-0.4, -0.2) is 26.6 Å². The van der Waals surface area contributed by atoms with Crippen molar-refractivity contribution in [2.24, 2.45) is 13.0 Å². The first-order valence-corrected chi connectivity index (χ1v) is 11.6. The third-order valence-electron chi connectivity index (χ3n) is 5.56. The van der Waals surface area contributed by atoms with Gasteiger partial charge in [-0.1, -0.05) is 26.7 Å². The molecule has 3 rings (SSSR count). The molecule has 2 aromatic heterocycles. The van der Waals surface area contributed by atoms with Crippen molar-refractivity contribution in [1.29, 1.82) is 5.41 Å². The van der Waals surface area contributed by atoms with E-state index in [2.05, 4.69) is 60.6 Å². The van der Waals surface area contributed by atoms with E-state index in [9.17, 15) is 0 Å². The van der Waals surface area contributed by atoms with E-state index in [1.165, 1.54) is 16.0 Å². The number of aryl methyl sites for hydroxylation is 2. The van der Waals surface area contributed by atoms with Crippen LogP contribution in [0, 0.1) is 18.3 Å². The topological polar surface area (TPSA) is 78.6 Å². The lowest BCUT2D eigenvalue weighted by molar-refractivity contribution is 0.452. The second-order valence-electron chi connectivity index (χ2n) is 8.15. The summed E-state index contributed by atoms with van der Waals surface area (Å²) in [5.74, 6) is 1.37. The highest BCUT2D eigenvalue weighted by molar-refractivity contribution is 7.16. The minimum absolute atomic E-state index is 0.0307. The van der Waals surface area contributed by atoms with Crippen molar-refractivity contribution in [2.45, 2.75) is 66.5 Å². The minimum atomic E-state index is 0.0307. The largest absolute Gasteiger partial charge is 0.364 e. The van der Waals surface area contributed by atoms with Gasteiger partial charge in [-0.05, 0) is 62.8 Å². The summed E-state index contributed by atoms with van der Waals surface area (Å²) in [5.41, 5.74) is 5.43. The minimum Gasteiger partial charge on any atom is -0.364 e. The summed E-state index contributed by atoms with van der Waals surface area (Å²) < 4.78 is 1.81. The quantitative estimate of drug-likeness (QED) is 0.479. The Morgan fingerprint density at radius 3 is 2.53 bits per heavy atom. The number of aromatic nitrogens is 3. The molecule has 6 nitrogen and oxygen atoms in total. The summed E-state index contributed by atoms with van der Waals surface area (Å²) in [6.07, 6.45) is 8.28. The van der Waals surface area contributed by atoms with E-state index in [0.29, 0.717) is 11.6 Å². The third-order valence-corrected chi connectivity index (χ3v) is 6.81. The molecule has 0 saturated heterocycles. The maximum absolute atomic E-state index is 8.09. The molecule has 1 unspecified atom stereocenters. The van der Waals surface area contributed by atoms with Gasteiger partial charge in [0.2, 0.25) is 0 Å². The number of hydrogen-bond donors (Lipinski definition) is 3. The van der Waals surface area contributed by atoms with Gasteiger partial charge in [0.25, 0.3) is 0 Å². The van der Waals surface area contributed by atoms with E-state index in [-0.39, 0.29) is 6.17 Å². The van der Waals surface area contributed by atoms with Crippen LogP contribution in [0.2, 0.25) is 0 Å². The molecule has 0 aromatic carbocycles. The number of hydrogen-bond acceptors (Lipinski definition) is 6. The van der Waals surface area contributed by atoms with E-state index in [1.54, 1.807) is 17.7 Å². The van der Waals surface area contributed by atoms with Crippen molar-refractivity contribution >= 4 is 22.7 Å². The van der Waals surface area contributed by atoms with Gasteiger partial charge in [0.05, 0.1) is 15.5 Å². The van der Waals surface area contributed by atoms with Crippen LogP contribution < -0.4 is 10.6 Å². The first kappa shape index (κ1) is 22.3. The number of nitrogens with one attached hydrogen (secondary N) is 3. The smallest absolute Gasteiger partial charge is 0.167 e. The molecule has 1 atom stereocenters. The van der Waals surface area contributed by atoms with Gasteiger partial charge >= 0.3 is 0 Å². The van der Waals surface area contributed by atoms with Crippen LogP contribution in [0.15, 0.2) is 29.7 Å². The lowest BCUT2D eigenvalue weighted by Crippen LogP contribution is -2.37. The Labute approximate surface area is 184 Å². The molecular formula is C23H34N6S. The number of nitrogens with zero attached hydrogens (tertiary/aromatic N) is 3. The molecule has 2 aromatic rings. The van der Waals surface area contributed by atoms with Gasteiger partial charge in [-0.3, -0.25) is 0 Å². The van der Waals surface area contributed by atoms with E-state index in [4.69, 9.17) is 5.41 Å². The van der Waals surface area contributed by atoms with E-state index < -0.39 is 0 Å². The van der Waals surface area contributed by atoms with Crippen LogP contribution in [0.1, 0.15) is 63.8 Å². The molecule has 0 amide bonds. The predicted molar refractivity (Wildman–Crippen MR) is 126 cm³/mol. The fraction of sp³-hybridized carbons (Fsp3) is 0.522. The van der Waals surface area contributed by atoms with Gasteiger partial charge < -0.3 is 16.0 Å². The first-order chi connectivity index (χ1) is 14.3. The molecular weight excluding hydrogens is 392 g/mol. The number of thiophene rings is 1. The summed E-state index contributed by atoms with van der Waals surface area (Å²) in [4.78, 5) is 6.75. The van der Waals surface area contributed by atoms with Crippen molar-refractivity contribution in [3.63, 3.8) is 0 Å². The van der Waals surface area contributed by atoms with Gasteiger partial charge in [-0.15, -0.1) is 11.3 Å². The molecule has 0 bridgehead atoms. The third kappa shape index (κ3) is 4.67. The monoisotopic (exact) mass is 426 g/mol. The number of allylic oxidation sites excluding steroid dienone is 2. The summed E-state index contributed by atoms with van der Waals surface area (Å²) in [5, 5.41) is 19.7. The van der Waals surface area contributed by atoms with Crippen LogP contribution >= 0.6 is 11.3 Å². The highest BCUT2D eigenvalue weighted by Crippen LogP contribution is 2.37. The zero-order valence-corrected chi connectivity index (χ0v) is 19.8. The second-order valence-corrected chi connectivity index (χ2v) is 9.21. The van der Waals surface area contributed by atoms with Gasteiger partial charge in [0, 0.05) is 18.5 Å². The zero-order chi connectivity index (χ0) is 21.8. The molecule has 0 radical (unpaired) electrons. The van der Waals surface area contributed by atoms with Gasteiger partial charge in [-0.25, -0.2) is 9.67 Å². The summed E-state index contributed by atoms with van der Waals surface area (Å²) in [7, 11) is 1.92. The van der Waals surface area contributed by atoms with Gasteiger partial charge in [0.1, 0.15) is 12.5 Å². The van der Waals surface area contributed by atoms with Crippen LogP contribution in [0.3, 0.4) is 0 Å². The molecule has 3 heterocycles. The lowest BCUT2D eigenvalue weighted by Gasteiger charge is -2.26. The lowest BCUT2D eigenvalue weighted by atomic mass is 9.87. The maximum Gasteiger partial charge on any atom is 0.167 e. The molecule has 0 fully saturated rings. The SMILES string of the molecule is CCCC(CCC)/C(=C/C(C)=N)C1NC(C)=C(c2sc(-c3ncnn3C)cc2C)N1. The molecule has 30 heavy (non-hydrogen) atoms. The van der Waals surface area contributed by atoms with Gasteiger partial charge in [0.15, 0.2) is 5.82 Å². The van der Waals surface area contributed by atoms with Crippen molar-refractivity contribution in [3.8, 4) is 10.7 Å². The fourth-order valence-corrected chi connectivity index (χ4v) is 5.47. The van der Waals surface area contributed by atoms with Gasteiger partial charge in [-0.2, -0.15) is 5.10 Å². The molecule has 1 aliphatic rings. The molecule has 162 valence electrons. The Morgan fingerprint density at radius 2 is 1.97 bits per heavy atom. The van der Waals surface area contributed by atoms with Crippen molar-refractivity contribution in [1.82, 2.24) is 25.4 Å². The average molecular weight is 427 g/mol. The van der Waals surface area contributed by atoms with Crippen LogP contribution in [0.4, 0.5) is 0 Å². The first-order valence-electron chi connectivity index (χ1n) is 10.8. The highest BCUT2D eigenvalue weighted by Gasteiger charge is 2.29. The normalized spacial score (nSPS) is 16.9. The maximum atomic E-state index is 8.09. The van der Waals surface area contributed by atoms with E-state index >= 15 is 0 Å². The van der Waals surface area contributed by atoms with E-state index in [1.807, 2.05) is 18.7 Å². The zero-order valence-electron chi connectivity index (χ0n) is 19.0. The molecule has 3 N–H and O–H groups in total. The molecule has 7 heteroatoms. The Hall–Kier alpha value is -2.41. The molecule has 0 aliphatic carbocycles. The molecule has 0 spiro atoms. The Morgan fingerprint density at radius 1 is 1.27 bits per heavy atom. The standard InChI is InChI=1S/C23H34N6S/c1-7-9-17(10-8-2)18(12-15(4)24)22-27-16(5)20(28-22)21-14(3)11-19(30-21)23-25-13-26-29(23)6/h11-13,17,22,24,27-28H,7-10H2,1-6H3/b18-12-,24-15?. The van der Waals surface area contributed by atoms with Crippen molar-refractivity contribution in [3.05, 3.63) is 40.2 Å². The van der Waals surface area contributed by atoms with E-state index in [0.717, 1.165) is 47.8 Å². The average Bonchev–Trinajstić information content (AvgIpc) is 3.38. The van der Waals surface area contributed by atoms with Crippen LogP contribution in [-0.2, 0) is 7.05 Å². The molecule has 0 saturated carbocycles. The van der Waals surface area contributed by atoms with Crippen molar-refractivity contribution < 1.29 is 0 Å². The summed E-state index contributed by atoms with van der Waals surface area (Å²) in [6.45, 7) is 10.6. The van der Waals surface area contributed by atoms with Crippen molar-refractivity contribution in [2.75, 3.05) is 0 Å².